The Kier molecular flexibility index (Phi) is 14.8. The number of nitrogens with zero attached hydrogens (tertiary/aromatic N) is 1. The highest BCUT2D eigenvalue weighted by Gasteiger charge is 2.13. The zero-order valence-electron chi connectivity index (χ0n) is 14.7. The van der Waals surface area contributed by atoms with E-state index < -0.39 is 5.97 Å². The predicted molar refractivity (Wildman–Crippen MR) is 104 cm³/mol. The van der Waals surface area contributed by atoms with E-state index in [1.54, 1.807) is 18.2 Å². The van der Waals surface area contributed by atoms with Gasteiger partial charge in [0, 0.05) is 24.8 Å². The second-order valence-electron chi connectivity index (χ2n) is 5.18. The number of rotatable bonds is 10. The molecule has 1 aromatic carbocycles. The van der Waals surface area contributed by atoms with Crippen LogP contribution >= 0.6 is 24.8 Å². The number of anilines is 1. The Labute approximate surface area is 157 Å². The Bertz CT molecular complexity index is 469. The third-order valence-electron chi connectivity index (χ3n) is 3.61. The number of hydrogen-bond donors (Lipinski definition) is 2. The van der Waals surface area contributed by atoms with E-state index in [0.29, 0.717) is 13.2 Å². The number of carbonyl (C=O) groups excluding carboxylic acids is 1. The molecule has 0 aliphatic rings. The van der Waals surface area contributed by atoms with Crippen LogP contribution in [0.15, 0.2) is 18.2 Å². The fraction of sp³-hybridized carbons (Fsp3) is 0.588. The lowest BCUT2D eigenvalue weighted by Crippen LogP contribution is -2.27. The molecule has 24 heavy (non-hydrogen) atoms. The summed E-state index contributed by atoms with van der Waals surface area (Å²) in [4.78, 5) is 14.1. The summed E-state index contributed by atoms with van der Waals surface area (Å²) in [5, 5.41) is 13.2. The van der Waals surface area contributed by atoms with Crippen LogP contribution in [0.1, 0.15) is 44.0 Å². The lowest BCUT2D eigenvalue weighted by atomic mass is 10.2. The quantitative estimate of drug-likeness (QED) is 0.475. The van der Waals surface area contributed by atoms with Gasteiger partial charge < -0.3 is 20.1 Å². The van der Waals surface area contributed by atoms with Crippen LogP contribution < -0.4 is 5.32 Å². The largest absolute Gasteiger partial charge is 0.507 e. The topological polar surface area (TPSA) is 61.8 Å². The van der Waals surface area contributed by atoms with Gasteiger partial charge in [-0.15, -0.1) is 24.8 Å². The molecule has 0 unspecified atom stereocenters. The molecule has 7 heteroatoms. The Hall–Kier alpha value is -1.17. The summed E-state index contributed by atoms with van der Waals surface area (Å²) in [5.74, 6) is -0.529. The molecule has 0 atom stereocenters. The van der Waals surface area contributed by atoms with Crippen LogP contribution in [-0.2, 0) is 4.74 Å². The molecule has 0 radical (unpaired) electrons. The maximum absolute atomic E-state index is 12.0. The molecule has 0 fully saturated rings. The fourth-order valence-corrected chi connectivity index (χ4v) is 2.11. The van der Waals surface area contributed by atoms with Gasteiger partial charge in [-0.05, 0) is 31.6 Å². The standard InChI is InChI=1S/C17H28N2O3.2ClH/c1-4-7-10-18-14-8-9-15(16(20)13-14)17(21)22-12-11-19(5-2)6-3;;/h8-9,13,18,20H,4-7,10-12H2,1-3H3;2*1H. The Morgan fingerprint density at radius 3 is 2.42 bits per heavy atom. The minimum atomic E-state index is -0.482. The molecule has 0 aromatic heterocycles. The van der Waals surface area contributed by atoms with Crippen LogP contribution in [0.5, 0.6) is 5.75 Å². The van der Waals surface area contributed by atoms with Crippen molar-refractivity contribution in [2.45, 2.75) is 33.6 Å². The van der Waals surface area contributed by atoms with Crippen LogP contribution in [0.3, 0.4) is 0 Å². The number of phenolic OH excluding ortho intramolecular Hbond substituents is 1. The van der Waals surface area contributed by atoms with E-state index in [4.69, 9.17) is 4.74 Å². The number of carbonyl (C=O) groups is 1. The van der Waals surface area contributed by atoms with Gasteiger partial charge in [0.1, 0.15) is 17.9 Å². The van der Waals surface area contributed by atoms with E-state index in [2.05, 4.69) is 31.0 Å². The molecule has 0 spiro atoms. The molecule has 2 N–H and O–H groups in total. The molecule has 140 valence electrons. The number of benzene rings is 1. The molecule has 5 nitrogen and oxygen atoms in total. The van der Waals surface area contributed by atoms with Gasteiger partial charge in [0.2, 0.25) is 0 Å². The molecule has 0 bridgehead atoms. The summed E-state index contributed by atoms with van der Waals surface area (Å²) in [7, 11) is 0. The number of phenols is 1. The first kappa shape index (κ1) is 25.1. The molecule has 0 amide bonds. The van der Waals surface area contributed by atoms with Gasteiger partial charge in [-0.3, -0.25) is 0 Å². The van der Waals surface area contributed by atoms with Crippen LogP contribution in [-0.4, -0.2) is 48.8 Å². The van der Waals surface area contributed by atoms with E-state index in [9.17, 15) is 9.90 Å². The maximum Gasteiger partial charge on any atom is 0.341 e. The summed E-state index contributed by atoms with van der Waals surface area (Å²) in [5.41, 5.74) is 1.02. The summed E-state index contributed by atoms with van der Waals surface area (Å²) in [6.07, 6.45) is 2.17. The van der Waals surface area contributed by atoms with Crippen molar-refractivity contribution in [3.05, 3.63) is 23.8 Å². The Morgan fingerprint density at radius 1 is 1.21 bits per heavy atom. The SMILES string of the molecule is CCCCNc1ccc(C(=O)OCCN(CC)CC)c(O)c1.Cl.Cl. The number of esters is 1. The van der Waals surface area contributed by atoms with Gasteiger partial charge in [0.05, 0.1) is 0 Å². The molecule has 0 saturated heterocycles. The molecular formula is C17H30Cl2N2O3. The van der Waals surface area contributed by atoms with Gasteiger partial charge in [0.25, 0.3) is 0 Å². The van der Waals surface area contributed by atoms with E-state index in [-0.39, 0.29) is 36.1 Å². The van der Waals surface area contributed by atoms with Crippen LogP contribution in [0, 0.1) is 0 Å². The number of aromatic hydroxyl groups is 1. The molecule has 0 saturated carbocycles. The Balaban J connectivity index is 0. The maximum atomic E-state index is 12.0. The Morgan fingerprint density at radius 2 is 1.88 bits per heavy atom. The van der Waals surface area contributed by atoms with Crippen LogP contribution in [0.2, 0.25) is 0 Å². The number of unbranched alkanes of at least 4 members (excludes halogenated alkanes) is 1. The molecule has 0 heterocycles. The molecule has 0 aliphatic carbocycles. The number of nitrogens with one attached hydrogen (secondary N) is 1. The lowest BCUT2D eigenvalue weighted by Gasteiger charge is -2.17. The van der Waals surface area contributed by atoms with Crippen molar-refractivity contribution in [3.8, 4) is 5.75 Å². The summed E-state index contributed by atoms with van der Waals surface area (Å²) >= 11 is 0. The van der Waals surface area contributed by atoms with Crippen molar-refractivity contribution in [1.82, 2.24) is 4.90 Å². The molecule has 0 aliphatic heterocycles. The summed E-state index contributed by atoms with van der Waals surface area (Å²) in [6.45, 7) is 10.0. The summed E-state index contributed by atoms with van der Waals surface area (Å²) < 4.78 is 5.22. The van der Waals surface area contributed by atoms with Crippen molar-refractivity contribution < 1.29 is 14.6 Å². The molecule has 1 aromatic rings. The number of hydrogen-bond acceptors (Lipinski definition) is 5. The highest BCUT2D eigenvalue weighted by atomic mass is 35.5. The van der Waals surface area contributed by atoms with Crippen molar-refractivity contribution in [3.63, 3.8) is 0 Å². The second-order valence-corrected chi connectivity index (χ2v) is 5.18. The summed E-state index contributed by atoms with van der Waals surface area (Å²) in [6, 6.07) is 4.95. The minimum absolute atomic E-state index is 0. The highest BCUT2D eigenvalue weighted by Crippen LogP contribution is 2.22. The number of likely N-dealkylation sites (N-methyl/N-ethyl adjacent to an activating group) is 1. The van der Waals surface area contributed by atoms with Gasteiger partial charge in [-0.25, -0.2) is 4.79 Å². The second kappa shape index (κ2) is 14.2. The third-order valence-corrected chi connectivity index (χ3v) is 3.61. The van der Waals surface area contributed by atoms with Gasteiger partial charge in [0.15, 0.2) is 0 Å². The first-order valence-corrected chi connectivity index (χ1v) is 8.08. The lowest BCUT2D eigenvalue weighted by molar-refractivity contribution is 0.0463. The van der Waals surface area contributed by atoms with Gasteiger partial charge in [-0.2, -0.15) is 0 Å². The van der Waals surface area contributed by atoms with E-state index in [1.165, 1.54) is 0 Å². The molecule has 1 rings (SSSR count). The minimum Gasteiger partial charge on any atom is -0.507 e. The van der Waals surface area contributed by atoms with Crippen molar-refractivity contribution >= 4 is 36.5 Å². The number of ether oxygens (including phenoxy) is 1. The van der Waals surface area contributed by atoms with E-state index in [1.807, 2.05) is 0 Å². The van der Waals surface area contributed by atoms with Gasteiger partial charge in [-0.1, -0.05) is 27.2 Å². The van der Waals surface area contributed by atoms with Gasteiger partial charge >= 0.3 is 5.97 Å². The van der Waals surface area contributed by atoms with Crippen LogP contribution in [0.4, 0.5) is 5.69 Å². The number of halogens is 2. The molecular weight excluding hydrogens is 351 g/mol. The zero-order valence-corrected chi connectivity index (χ0v) is 16.3. The van der Waals surface area contributed by atoms with Crippen molar-refractivity contribution in [2.24, 2.45) is 0 Å². The normalized spacial score (nSPS) is 9.83. The van der Waals surface area contributed by atoms with Crippen molar-refractivity contribution in [2.75, 3.05) is 38.1 Å². The average Bonchev–Trinajstić information content (AvgIpc) is 2.52. The van der Waals surface area contributed by atoms with E-state index >= 15 is 0 Å². The predicted octanol–water partition coefficient (Wildman–Crippen LogP) is 3.95. The first-order valence-electron chi connectivity index (χ1n) is 8.08. The van der Waals surface area contributed by atoms with Crippen LogP contribution in [0.25, 0.3) is 0 Å². The smallest absolute Gasteiger partial charge is 0.341 e. The fourth-order valence-electron chi connectivity index (χ4n) is 2.11. The highest BCUT2D eigenvalue weighted by molar-refractivity contribution is 5.93. The first-order chi connectivity index (χ1) is 10.6. The monoisotopic (exact) mass is 380 g/mol. The van der Waals surface area contributed by atoms with Crippen molar-refractivity contribution in [1.29, 1.82) is 0 Å². The average molecular weight is 381 g/mol. The zero-order chi connectivity index (χ0) is 16.4. The van der Waals surface area contributed by atoms with E-state index in [0.717, 1.165) is 38.2 Å². The third kappa shape index (κ3) is 8.62.